The number of nitrogens with zero attached hydrogens (tertiary/aromatic N) is 2. The van der Waals surface area contributed by atoms with Gasteiger partial charge in [-0.3, -0.25) is 0 Å². The number of hydrogen-bond donors (Lipinski definition) is 1. The van der Waals surface area contributed by atoms with Gasteiger partial charge >= 0.3 is 0 Å². The first-order chi connectivity index (χ1) is 9.07. The summed E-state index contributed by atoms with van der Waals surface area (Å²) in [6, 6.07) is 8.62. The van der Waals surface area contributed by atoms with Crippen LogP contribution in [0.1, 0.15) is 18.4 Å². The number of hydrogen-bond acceptors (Lipinski definition) is 2. The van der Waals surface area contributed by atoms with E-state index in [1.807, 2.05) is 0 Å². The number of benzene rings is 1. The van der Waals surface area contributed by atoms with Gasteiger partial charge in [0.15, 0.2) is 0 Å². The van der Waals surface area contributed by atoms with Gasteiger partial charge in [-0.2, -0.15) is 0 Å². The third kappa shape index (κ3) is 2.67. The molecule has 0 amide bonds. The Morgan fingerprint density at radius 2 is 2.05 bits per heavy atom. The predicted octanol–water partition coefficient (Wildman–Crippen LogP) is 2.14. The largest absolute Gasteiger partial charge is 0.350 e. The molecular weight excluding hydrogens is 234 g/mol. The zero-order chi connectivity index (χ0) is 13.5. The molecule has 0 atom stereocenters. The Labute approximate surface area is 115 Å². The molecule has 1 fully saturated rings. The molecule has 1 aliphatic rings. The quantitative estimate of drug-likeness (QED) is 0.890. The molecule has 2 aromatic rings. The van der Waals surface area contributed by atoms with Crippen molar-refractivity contribution in [3.8, 4) is 0 Å². The molecule has 19 heavy (non-hydrogen) atoms. The maximum Gasteiger partial charge on any atom is 0.0480 e. The van der Waals surface area contributed by atoms with Crippen LogP contribution in [0.3, 0.4) is 0 Å². The number of fused-ring (bicyclic) bond motifs is 1. The van der Waals surface area contributed by atoms with E-state index in [4.69, 9.17) is 5.73 Å². The molecule has 102 valence electrons. The van der Waals surface area contributed by atoms with E-state index in [1.54, 1.807) is 0 Å². The van der Waals surface area contributed by atoms with Crippen molar-refractivity contribution in [2.45, 2.75) is 24.8 Å². The highest BCUT2D eigenvalue weighted by atomic mass is 15.1. The van der Waals surface area contributed by atoms with Crippen LogP contribution in [0, 0.1) is 0 Å². The summed E-state index contributed by atoms with van der Waals surface area (Å²) in [5.74, 6) is 0. The van der Waals surface area contributed by atoms with Crippen molar-refractivity contribution in [2.75, 3.05) is 20.1 Å². The molecule has 0 unspecified atom stereocenters. The van der Waals surface area contributed by atoms with Crippen molar-refractivity contribution in [3.63, 3.8) is 0 Å². The van der Waals surface area contributed by atoms with Crippen LogP contribution < -0.4 is 5.73 Å². The minimum absolute atomic E-state index is 0.119. The Balaban J connectivity index is 1.68. The highest BCUT2D eigenvalue weighted by Crippen LogP contribution is 2.32. The lowest BCUT2D eigenvalue weighted by Crippen LogP contribution is -2.38. The summed E-state index contributed by atoms with van der Waals surface area (Å²) in [6.45, 7) is 2.10. The van der Waals surface area contributed by atoms with Crippen molar-refractivity contribution < 1.29 is 0 Å². The summed E-state index contributed by atoms with van der Waals surface area (Å²) in [6.07, 6.45) is 5.72. The van der Waals surface area contributed by atoms with E-state index in [0.717, 1.165) is 19.5 Å². The van der Waals surface area contributed by atoms with Crippen LogP contribution in [0.4, 0.5) is 0 Å². The molecule has 0 saturated heterocycles. The van der Waals surface area contributed by atoms with E-state index in [9.17, 15) is 0 Å². The average molecular weight is 257 g/mol. The number of aryl methyl sites for hydroxylation is 1. The molecule has 3 rings (SSSR count). The third-order valence-electron chi connectivity index (χ3n) is 4.22. The molecule has 0 spiro atoms. The molecule has 2 N–H and O–H groups in total. The molecule has 0 radical (unpaired) electrons. The van der Waals surface area contributed by atoms with Crippen LogP contribution in [0.5, 0.6) is 0 Å². The van der Waals surface area contributed by atoms with E-state index >= 15 is 0 Å². The predicted molar refractivity (Wildman–Crippen MR) is 80.3 cm³/mol. The fourth-order valence-corrected chi connectivity index (χ4v) is 2.87. The van der Waals surface area contributed by atoms with Crippen molar-refractivity contribution in [1.82, 2.24) is 9.47 Å². The zero-order valence-electron chi connectivity index (χ0n) is 11.9. The molecule has 3 nitrogen and oxygen atoms in total. The lowest BCUT2D eigenvalue weighted by Gasteiger charge is -2.20. The van der Waals surface area contributed by atoms with E-state index in [-0.39, 0.29) is 5.54 Å². The molecule has 1 heterocycles. The van der Waals surface area contributed by atoms with Crippen LogP contribution >= 0.6 is 0 Å². The van der Waals surface area contributed by atoms with Crippen molar-refractivity contribution in [3.05, 3.63) is 36.0 Å². The Morgan fingerprint density at radius 3 is 2.79 bits per heavy atom. The minimum Gasteiger partial charge on any atom is -0.350 e. The lowest BCUT2D eigenvalue weighted by atomic mass is 10.1. The second-order valence-electron chi connectivity index (χ2n) is 6.13. The lowest BCUT2D eigenvalue weighted by molar-refractivity contribution is 0.307. The van der Waals surface area contributed by atoms with Crippen LogP contribution in [0.15, 0.2) is 30.5 Å². The van der Waals surface area contributed by atoms with Crippen LogP contribution in [-0.4, -0.2) is 35.1 Å². The number of para-hydroxylation sites is 1. The Morgan fingerprint density at radius 1 is 1.32 bits per heavy atom. The maximum atomic E-state index is 6.17. The Kier molecular flexibility index (Phi) is 3.11. The summed E-state index contributed by atoms with van der Waals surface area (Å²) >= 11 is 0. The van der Waals surface area contributed by atoms with Gasteiger partial charge in [0.05, 0.1) is 0 Å². The Hall–Kier alpha value is -1.32. The summed E-state index contributed by atoms with van der Waals surface area (Å²) in [7, 11) is 4.30. The highest BCUT2D eigenvalue weighted by molar-refractivity contribution is 5.83. The van der Waals surface area contributed by atoms with Gasteiger partial charge in [-0.05, 0) is 37.9 Å². The van der Waals surface area contributed by atoms with Gasteiger partial charge in [0.25, 0.3) is 0 Å². The van der Waals surface area contributed by atoms with Gasteiger partial charge in [0, 0.05) is 42.8 Å². The van der Waals surface area contributed by atoms with Crippen LogP contribution in [-0.2, 0) is 13.5 Å². The van der Waals surface area contributed by atoms with Crippen LogP contribution in [0.2, 0.25) is 0 Å². The summed E-state index contributed by atoms with van der Waals surface area (Å²) in [5, 5.41) is 1.38. The van der Waals surface area contributed by atoms with Crippen molar-refractivity contribution in [1.29, 1.82) is 0 Å². The maximum absolute atomic E-state index is 6.17. The molecular formula is C16H23N3. The fourth-order valence-electron chi connectivity index (χ4n) is 2.87. The number of aromatic nitrogens is 1. The molecule has 0 bridgehead atoms. The van der Waals surface area contributed by atoms with Gasteiger partial charge in [-0.25, -0.2) is 0 Å². The van der Waals surface area contributed by atoms with Gasteiger partial charge in [0.1, 0.15) is 0 Å². The van der Waals surface area contributed by atoms with Crippen molar-refractivity contribution in [2.24, 2.45) is 12.8 Å². The summed E-state index contributed by atoms with van der Waals surface area (Å²) in [4.78, 5) is 2.37. The monoisotopic (exact) mass is 257 g/mol. The molecule has 1 aromatic heterocycles. The summed E-state index contributed by atoms with van der Waals surface area (Å²) < 4.78 is 2.22. The van der Waals surface area contributed by atoms with Gasteiger partial charge in [-0.15, -0.1) is 0 Å². The minimum atomic E-state index is 0.119. The van der Waals surface area contributed by atoms with Crippen LogP contribution in [0.25, 0.3) is 10.9 Å². The van der Waals surface area contributed by atoms with Gasteiger partial charge in [-0.1, -0.05) is 18.2 Å². The first kappa shape index (κ1) is 12.7. The first-order valence-electron chi connectivity index (χ1n) is 7.08. The first-order valence-corrected chi connectivity index (χ1v) is 7.08. The molecule has 3 heteroatoms. The van der Waals surface area contributed by atoms with E-state index in [2.05, 4.69) is 54.0 Å². The average Bonchev–Trinajstić information content (AvgIpc) is 3.02. The second-order valence-corrected chi connectivity index (χ2v) is 6.13. The van der Waals surface area contributed by atoms with E-state index < -0.39 is 0 Å². The van der Waals surface area contributed by atoms with Gasteiger partial charge < -0.3 is 15.2 Å². The van der Waals surface area contributed by atoms with Crippen molar-refractivity contribution >= 4 is 10.9 Å². The zero-order valence-corrected chi connectivity index (χ0v) is 11.9. The highest BCUT2D eigenvalue weighted by Gasteiger charge is 2.38. The number of likely N-dealkylation sites (N-methyl/N-ethyl adjacent to an activating group) is 1. The smallest absolute Gasteiger partial charge is 0.0480 e. The molecule has 1 aliphatic carbocycles. The topological polar surface area (TPSA) is 34.2 Å². The standard InChI is InChI=1S/C16H23N3/c1-18(12-16(17)8-9-16)10-7-13-11-19(2)15-6-4-3-5-14(13)15/h3-6,11H,7-10,12,17H2,1-2H3. The van der Waals surface area contributed by atoms with Gasteiger partial charge in [0.2, 0.25) is 0 Å². The normalized spacial score (nSPS) is 17.3. The molecule has 1 aromatic carbocycles. The third-order valence-corrected chi connectivity index (χ3v) is 4.22. The van der Waals surface area contributed by atoms with E-state index in [0.29, 0.717) is 0 Å². The SMILES string of the molecule is CN(CCc1cn(C)c2ccccc12)CC1(N)CC1. The number of rotatable bonds is 5. The molecule has 1 saturated carbocycles. The second kappa shape index (κ2) is 4.66. The molecule has 0 aliphatic heterocycles. The van der Waals surface area contributed by atoms with E-state index in [1.165, 1.54) is 29.3 Å². The number of nitrogens with two attached hydrogens (primary N) is 1. The Bertz CT molecular complexity index is 581. The fraction of sp³-hybridized carbons (Fsp3) is 0.500. The summed E-state index contributed by atoms with van der Waals surface area (Å²) in [5.41, 5.74) is 9.04.